The number of carbonyl (C=O) groups is 1. The first-order valence-electron chi connectivity index (χ1n) is 5.21. The predicted octanol–water partition coefficient (Wildman–Crippen LogP) is 4.94. The van der Waals surface area contributed by atoms with Crippen molar-refractivity contribution in [3.8, 4) is 9.88 Å². The summed E-state index contributed by atoms with van der Waals surface area (Å²) < 4.78 is 1.46. The van der Waals surface area contributed by atoms with Crippen molar-refractivity contribution < 1.29 is 9.90 Å². The normalized spacial score (nSPS) is 10.8. The minimum atomic E-state index is -0.913. The number of hydrogen-bond acceptors (Lipinski definition) is 4. The smallest absolute Gasteiger partial charge is 0.347 e. The minimum Gasteiger partial charge on any atom is -0.477 e. The zero-order valence-corrected chi connectivity index (χ0v) is 13.3. The van der Waals surface area contributed by atoms with Gasteiger partial charge in [0.1, 0.15) is 14.2 Å². The Morgan fingerprint density at radius 2 is 2.28 bits per heavy atom. The fourth-order valence-corrected chi connectivity index (χ4v) is 4.18. The highest BCUT2D eigenvalue weighted by atomic mass is 79.9. The van der Waals surface area contributed by atoms with E-state index in [0.717, 1.165) is 15.8 Å². The Labute approximate surface area is 126 Å². The third-order valence-corrected chi connectivity index (χ3v) is 5.96. The van der Waals surface area contributed by atoms with E-state index in [9.17, 15) is 4.79 Å². The predicted molar refractivity (Wildman–Crippen MR) is 79.1 cm³/mol. The molecule has 0 aliphatic rings. The van der Waals surface area contributed by atoms with E-state index in [2.05, 4.69) is 20.9 Å². The van der Waals surface area contributed by atoms with Crippen molar-refractivity contribution in [2.45, 2.75) is 19.8 Å². The highest BCUT2D eigenvalue weighted by Gasteiger charge is 2.19. The molecule has 2 rings (SSSR count). The first-order chi connectivity index (χ1) is 8.52. The number of aryl methyl sites for hydroxylation is 1. The fourth-order valence-electron chi connectivity index (χ4n) is 1.48. The zero-order chi connectivity index (χ0) is 13.3. The number of aromatic nitrogens is 1. The standard InChI is InChI=1S/C11H9BrClNO2S2/c1-2-3-6-8(11(15)16)18-10(14-6)7-4-5(12)9(13)17-7/h4H,2-3H2,1H3,(H,15,16). The van der Waals surface area contributed by atoms with Crippen LogP contribution in [0.3, 0.4) is 0 Å². The van der Waals surface area contributed by atoms with Crippen molar-refractivity contribution in [1.29, 1.82) is 0 Å². The van der Waals surface area contributed by atoms with Gasteiger partial charge in [0, 0.05) is 4.47 Å². The van der Waals surface area contributed by atoms with Gasteiger partial charge in [-0.2, -0.15) is 0 Å². The van der Waals surface area contributed by atoms with Crippen molar-refractivity contribution in [1.82, 2.24) is 4.98 Å². The first kappa shape index (κ1) is 14.0. The number of aromatic carboxylic acids is 1. The van der Waals surface area contributed by atoms with Crippen molar-refractivity contribution in [2.75, 3.05) is 0 Å². The Hall–Kier alpha value is -0.430. The summed E-state index contributed by atoms with van der Waals surface area (Å²) in [7, 11) is 0. The number of carboxylic acid groups (broad SMARTS) is 1. The summed E-state index contributed by atoms with van der Waals surface area (Å²) in [6.45, 7) is 2.00. The van der Waals surface area contributed by atoms with Crippen LogP contribution in [0, 0.1) is 0 Å². The lowest BCUT2D eigenvalue weighted by molar-refractivity contribution is 0.0700. The average molecular weight is 367 g/mol. The van der Waals surface area contributed by atoms with Crippen LogP contribution < -0.4 is 0 Å². The molecule has 0 spiro atoms. The fraction of sp³-hybridized carbons (Fsp3) is 0.273. The lowest BCUT2D eigenvalue weighted by Crippen LogP contribution is -1.98. The Bertz CT molecular complexity index is 574. The van der Waals surface area contributed by atoms with Crippen LogP contribution in [0.5, 0.6) is 0 Å². The highest BCUT2D eigenvalue weighted by Crippen LogP contribution is 2.40. The molecule has 7 heteroatoms. The van der Waals surface area contributed by atoms with Gasteiger partial charge in [-0.05, 0) is 28.4 Å². The number of halogens is 2. The zero-order valence-electron chi connectivity index (χ0n) is 9.37. The quantitative estimate of drug-likeness (QED) is 0.834. The van der Waals surface area contributed by atoms with Gasteiger partial charge in [0.15, 0.2) is 0 Å². The number of hydrogen-bond donors (Lipinski definition) is 1. The molecular weight excluding hydrogens is 358 g/mol. The van der Waals surface area contributed by atoms with E-state index >= 15 is 0 Å². The molecule has 1 N–H and O–H groups in total. The van der Waals surface area contributed by atoms with Crippen LogP contribution in [0.25, 0.3) is 9.88 Å². The van der Waals surface area contributed by atoms with E-state index in [1.54, 1.807) is 0 Å². The van der Waals surface area contributed by atoms with E-state index < -0.39 is 5.97 Å². The summed E-state index contributed by atoms with van der Waals surface area (Å²) in [5, 5.41) is 9.87. The molecule has 2 aromatic rings. The molecule has 0 bridgehead atoms. The third kappa shape index (κ3) is 2.77. The second-order valence-electron chi connectivity index (χ2n) is 3.58. The Morgan fingerprint density at radius 3 is 2.78 bits per heavy atom. The Kier molecular flexibility index (Phi) is 4.42. The van der Waals surface area contributed by atoms with E-state index in [1.165, 1.54) is 22.7 Å². The molecule has 96 valence electrons. The van der Waals surface area contributed by atoms with Gasteiger partial charge in [0.2, 0.25) is 0 Å². The molecule has 0 unspecified atom stereocenters. The van der Waals surface area contributed by atoms with E-state index in [4.69, 9.17) is 16.7 Å². The summed E-state index contributed by atoms with van der Waals surface area (Å²) in [4.78, 5) is 16.8. The molecule has 0 amide bonds. The maximum atomic E-state index is 11.2. The number of carboxylic acids is 1. The van der Waals surface area contributed by atoms with E-state index in [0.29, 0.717) is 26.3 Å². The molecule has 0 aliphatic heterocycles. The summed E-state index contributed by atoms with van der Waals surface area (Å²) in [5.74, 6) is -0.913. The van der Waals surface area contributed by atoms with E-state index in [-0.39, 0.29) is 0 Å². The molecule has 2 heterocycles. The molecule has 0 aromatic carbocycles. The van der Waals surface area contributed by atoms with Crippen molar-refractivity contribution in [3.05, 3.63) is 25.4 Å². The SMILES string of the molecule is CCCc1nc(-c2cc(Br)c(Cl)s2)sc1C(=O)O. The topological polar surface area (TPSA) is 50.2 Å². The van der Waals surface area contributed by atoms with Gasteiger partial charge in [-0.3, -0.25) is 0 Å². The second-order valence-corrected chi connectivity index (χ2v) is 7.09. The molecule has 0 saturated heterocycles. The minimum absolute atomic E-state index is 0.326. The van der Waals surface area contributed by atoms with Gasteiger partial charge in [0.05, 0.1) is 10.6 Å². The molecule has 0 radical (unpaired) electrons. The van der Waals surface area contributed by atoms with Crippen LogP contribution in [0.4, 0.5) is 0 Å². The molecule has 2 aromatic heterocycles. The molecule has 3 nitrogen and oxygen atoms in total. The van der Waals surface area contributed by atoms with Crippen molar-refractivity contribution >= 4 is 56.2 Å². The molecule has 0 atom stereocenters. The van der Waals surface area contributed by atoms with Crippen LogP contribution in [-0.2, 0) is 6.42 Å². The van der Waals surface area contributed by atoms with Gasteiger partial charge in [-0.25, -0.2) is 9.78 Å². The van der Waals surface area contributed by atoms with Gasteiger partial charge in [-0.1, -0.05) is 24.9 Å². The van der Waals surface area contributed by atoms with Gasteiger partial charge in [-0.15, -0.1) is 22.7 Å². The Balaban J connectivity index is 2.45. The van der Waals surface area contributed by atoms with Gasteiger partial charge in [0.25, 0.3) is 0 Å². The number of nitrogens with zero attached hydrogens (tertiary/aromatic N) is 1. The molecular formula is C11H9BrClNO2S2. The summed E-state index contributed by atoms with van der Waals surface area (Å²) in [6.07, 6.45) is 1.55. The third-order valence-electron chi connectivity index (χ3n) is 2.23. The van der Waals surface area contributed by atoms with Crippen LogP contribution in [0.15, 0.2) is 10.5 Å². The molecule has 0 aliphatic carbocycles. The van der Waals surface area contributed by atoms with Crippen LogP contribution in [-0.4, -0.2) is 16.1 Å². The number of thiophene rings is 1. The maximum Gasteiger partial charge on any atom is 0.347 e. The number of rotatable bonds is 4. The summed E-state index contributed by atoms with van der Waals surface area (Å²) in [5.41, 5.74) is 0.658. The molecule has 0 saturated carbocycles. The lowest BCUT2D eigenvalue weighted by atomic mass is 10.2. The first-order valence-corrected chi connectivity index (χ1v) is 8.01. The summed E-state index contributed by atoms with van der Waals surface area (Å²) >= 11 is 11.9. The lowest BCUT2D eigenvalue weighted by Gasteiger charge is -1.93. The van der Waals surface area contributed by atoms with Gasteiger partial charge >= 0.3 is 5.97 Å². The van der Waals surface area contributed by atoms with E-state index in [1.807, 2.05) is 13.0 Å². The van der Waals surface area contributed by atoms with Crippen LogP contribution in [0.1, 0.15) is 28.7 Å². The monoisotopic (exact) mass is 365 g/mol. The maximum absolute atomic E-state index is 11.2. The molecule has 0 fully saturated rings. The number of thiazole rings is 1. The second kappa shape index (κ2) is 5.69. The van der Waals surface area contributed by atoms with Crippen molar-refractivity contribution in [2.24, 2.45) is 0 Å². The van der Waals surface area contributed by atoms with Gasteiger partial charge < -0.3 is 5.11 Å². The average Bonchev–Trinajstić information content (AvgIpc) is 2.85. The molecule has 18 heavy (non-hydrogen) atoms. The highest BCUT2D eigenvalue weighted by molar-refractivity contribution is 9.10. The summed E-state index contributed by atoms with van der Waals surface area (Å²) in [6, 6.07) is 1.87. The van der Waals surface area contributed by atoms with Crippen LogP contribution in [0.2, 0.25) is 4.34 Å². The van der Waals surface area contributed by atoms with Crippen LogP contribution >= 0.6 is 50.2 Å². The van der Waals surface area contributed by atoms with Crippen molar-refractivity contribution in [3.63, 3.8) is 0 Å². The largest absolute Gasteiger partial charge is 0.477 e. The Morgan fingerprint density at radius 1 is 1.56 bits per heavy atom.